The fourth-order valence-corrected chi connectivity index (χ4v) is 6.41. The Morgan fingerprint density at radius 2 is 1.24 bits per heavy atom. The molecule has 202 valence electrons. The zero-order valence-electron chi connectivity index (χ0n) is 22.3. The first-order valence-electron chi connectivity index (χ1n) is 12.3. The Morgan fingerprint density at radius 3 is 1.76 bits per heavy atom. The molecule has 0 saturated heterocycles. The number of anilines is 1. The van der Waals surface area contributed by atoms with Crippen LogP contribution in [0.1, 0.15) is 74.2 Å². The van der Waals surface area contributed by atoms with Crippen LogP contribution >= 0.6 is 23.2 Å². The first kappa shape index (κ1) is 28.3. The van der Waals surface area contributed by atoms with Gasteiger partial charge >= 0.3 is 10.2 Å². The number of halogens is 2. The van der Waals surface area contributed by atoms with Crippen molar-refractivity contribution >= 4 is 45.0 Å². The Labute approximate surface area is 235 Å². The number of phenols is 1. The van der Waals surface area contributed by atoms with Crippen LogP contribution in [0.5, 0.6) is 5.75 Å². The second kappa shape index (κ2) is 9.78. The lowest BCUT2D eigenvalue weighted by Crippen LogP contribution is -2.50. The fourth-order valence-electron chi connectivity index (χ4n) is 4.54. The SMILES string of the molecule is CC(C)(C)c1cc(CN2c3cc(Cl)ccc3C(=O)N(Cc3ccc(Cl)cc3)S2(=O)=O)cc(C(C)(C)C)c1O. The van der Waals surface area contributed by atoms with Crippen molar-refractivity contribution < 1.29 is 18.3 Å². The fraction of sp³-hybridized carbons (Fsp3) is 0.345. The summed E-state index contributed by atoms with van der Waals surface area (Å²) in [5.41, 5.74) is 2.43. The highest BCUT2D eigenvalue weighted by Crippen LogP contribution is 2.42. The number of nitrogens with zero attached hydrogens (tertiary/aromatic N) is 2. The predicted molar refractivity (Wildman–Crippen MR) is 153 cm³/mol. The van der Waals surface area contributed by atoms with Gasteiger partial charge in [0, 0.05) is 10.0 Å². The number of fused-ring (bicyclic) bond motifs is 1. The smallest absolute Gasteiger partial charge is 0.329 e. The number of aromatic hydroxyl groups is 1. The highest BCUT2D eigenvalue weighted by molar-refractivity contribution is 7.91. The van der Waals surface area contributed by atoms with Crippen molar-refractivity contribution in [2.45, 2.75) is 65.5 Å². The number of hydrogen-bond donors (Lipinski definition) is 1. The Balaban J connectivity index is 1.88. The average Bonchev–Trinajstić information content (AvgIpc) is 2.80. The van der Waals surface area contributed by atoms with E-state index in [9.17, 15) is 18.3 Å². The van der Waals surface area contributed by atoms with Gasteiger partial charge in [-0.1, -0.05) is 76.9 Å². The van der Waals surface area contributed by atoms with E-state index in [4.69, 9.17) is 23.2 Å². The van der Waals surface area contributed by atoms with Gasteiger partial charge in [0.25, 0.3) is 5.91 Å². The van der Waals surface area contributed by atoms with Gasteiger partial charge in [0.2, 0.25) is 0 Å². The summed E-state index contributed by atoms with van der Waals surface area (Å²) in [5.74, 6) is -0.419. The van der Waals surface area contributed by atoms with Crippen LogP contribution in [-0.4, -0.2) is 23.7 Å². The van der Waals surface area contributed by atoms with E-state index in [0.29, 0.717) is 21.2 Å². The molecule has 1 aliphatic heterocycles. The third-order valence-electron chi connectivity index (χ3n) is 6.59. The molecule has 0 saturated carbocycles. The summed E-state index contributed by atoms with van der Waals surface area (Å²) in [5, 5.41) is 12.0. The van der Waals surface area contributed by atoms with E-state index >= 15 is 0 Å². The molecule has 0 atom stereocenters. The highest BCUT2D eigenvalue weighted by atomic mass is 35.5. The normalized spacial score (nSPS) is 15.5. The molecule has 0 aliphatic carbocycles. The summed E-state index contributed by atoms with van der Waals surface area (Å²) in [6.07, 6.45) is 0. The van der Waals surface area contributed by atoms with Crippen LogP contribution in [0.15, 0.2) is 54.6 Å². The number of carbonyl (C=O) groups is 1. The largest absolute Gasteiger partial charge is 0.507 e. The molecule has 1 amide bonds. The number of benzene rings is 3. The van der Waals surface area contributed by atoms with E-state index in [2.05, 4.69) is 0 Å². The quantitative estimate of drug-likeness (QED) is 0.357. The first-order chi connectivity index (χ1) is 17.5. The van der Waals surface area contributed by atoms with Crippen molar-refractivity contribution in [3.63, 3.8) is 0 Å². The van der Waals surface area contributed by atoms with E-state index in [1.165, 1.54) is 10.4 Å². The average molecular weight is 576 g/mol. The molecule has 6 nitrogen and oxygen atoms in total. The van der Waals surface area contributed by atoms with Crippen LogP contribution in [0, 0.1) is 0 Å². The van der Waals surface area contributed by atoms with Crippen molar-refractivity contribution in [2.24, 2.45) is 0 Å². The van der Waals surface area contributed by atoms with Gasteiger partial charge in [0.05, 0.1) is 24.3 Å². The maximum atomic E-state index is 14.0. The summed E-state index contributed by atoms with van der Waals surface area (Å²) in [6.45, 7) is 11.8. The molecule has 4 rings (SSSR count). The minimum atomic E-state index is -4.29. The topological polar surface area (TPSA) is 77.9 Å². The maximum Gasteiger partial charge on any atom is 0.329 e. The van der Waals surface area contributed by atoms with Crippen molar-refractivity contribution in [1.82, 2.24) is 4.31 Å². The van der Waals surface area contributed by atoms with Gasteiger partial charge in [-0.3, -0.25) is 4.79 Å². The summed E-state index contributed by atoms with van der Waals surface area (Å²) in [6, 6.07) is 15.0. The molecule has 1 aliphatic rings. The van der Waals surface area contributed by atoms with Gasteiger partial charge in [-0.25, -0.2) is 8.61 Å². The molecular weight excluding hydrogens is 543 g/mol. The summed E-state index contributed by atoms with van der Waals surface area (Å²) >= 11 is 12.3. The molecule has 38 heavy (non-hydrogen) atoms. The molecule has 0 unspecified atom stereocenters. The number of rotatable bonds is 4. The van der Waals surface area contributed by atoms with Crippen LogP contribution in [-0.2, 0) is 34.1 Å². The number of phenolic OH excluding ortho intramolecular Hbond substituents is 1. The molecule has 9 heteroatoms. The minimum absolute atomic E-state index is 0.0491. The Morgan fingerprint density at radius 1 is 0.737 bits per heavy atom. The third-order valence-corrected chi connectivity index (χ3v) is 8.82. The van der Waals surface area contributed by atoms with Gasteiger partial charge in [0.1, 0.15) is 5.75 Å². The van der Waals surface area contributed by atoms with Gasteiger partial charge in [-0.2, -0.15) is 8.42 Å². The van der Waals surface area contributed by atoms with Crippen molar-refractivity contribution in [3.8, 4) is 5.75 Å². The molecule has 0 radical (unpaired) electrons. The van der Waals surface area contributed by atoms with Crippen molar-refractivity contribution in [1.29, 1.82) is 0 Å². The molecule has 0 fully saturated rings. The Hall–Kier alpha value is -2.74. The second-order valence-electron chi connectivity index (χ2n) is 11.7. The van der Waals surface area contributed by atoms with Crippen LogP contribution in [0.4, 0.5) is 5.69 Å². The lowest BCUT2D eigenvalue weighted by atomic mass is 9.78. The molecular formula is C29H32Cl2N2O4S. The summed E-state index contributed by atoms with van der Waals surface area (Å²) < 4.78 is 30.1. The molecule has 1 N–H and O–H groups in total. The van der Waals surface area contributed by atoms with E-state index in [1.807, 2.05) is 53.7 Å². The molecule has 0 bridgehead atoms. The molecule has 1 heterocycles. The first-order valence-corrected chi connectivity index (χ1v) is 14.4. The molecule has 3 aromatic carbocycles. The lowest BCUT2D eigenvalue weighted by molar-refractivity contribution is 0.0851. The van der Waals surface area contributed by atoms with Crippen LogP contribution in [0.3, 0.4) is 0 Å². The van der Waals surface area contributed by atoms with Crippen molar-refractivity contribution in [3.05, 3.63) is 92.5 Å². The van der Waals surface area contributed by atoms with Crippen LogP contribution < -0.4 is 4.31 Å². The van der Waals surface area contributed by atoms with Gasteiger partial charge in [-0.15, -0.1) is 0 Å². The Kier molecular flexibility index (Phi) is 7.27. The monoisotopic (exact) mass is 574 g/mol. The standard InChI is InChI=1S/C29H32Cl2N2O4S/c1-28(2,3)23-13-19(14-24(26(23)34)29(4,5)6)17-32-25-15-21(31)11-12-22(25)27(35)33(38(32,36)37)16-18-7-9-20(30)10-8-18/h7-15,34H,16-17H2,1-6H3. The van der Waals surface area contributed by atoms with Gasteiger partial charge in [-0.05, 0) is 75.5 Å². The molecule has 0 aromatic heterocycles. The highest BCUT2D eigenvalue weighted by Gasteiger charge is 2.42. The van der Waals surface area contributed by atoms with E-state index in [0.717, 1.165) is 15.4 Å². The van der Waals surface area contributed by atoms with Gasteiger partial charge < -0.3 is 5.11 Å². The van der Waals surface area contributed by atoms with E-state index < -0.39 is 26.9 Å². The number of hydrogen-bond acceptors (Lipinski definition) is 4. The zero-order valence-corrected chi connectivity index (χ0v) is 24.7. The molecule has 3 aromatic rings. The molecule has 0 spiro atoms. The van der Waals surface area contributed by atoms with E-state index in [1.54, 1.807) is 36.4 Å². The van der Waals surface area contributed by atoms with Crippen LogP contribution in [0.25, 0.3) is 0 Å². The maximum absolute atomic E-state index is 14.0. The predicted octanol–water partition coefficient (Wildman–Crippen LogP) is 7.20. The van der Waals surface area contributed by atoms with Crippen LogP contribution in [0.2, 0.25) is 10.0 Å². The summed E-state index contributed by atoms with van der Waals surface area (Å²) in [4.78, 5) is 13.4. The minimum Gasteiger partial charge on any atom is -0.507 e. The second-order valence-corrected chi connectivity index (χ2v) is 14.3. The van der Waals surface area contributed by atoms with E-state index in [-0.39, 0.29) is 30.1 Å². The third kappa shape index (κ3) is 5.37. The lowest BCUT2D eigenvalue weighted by Gasteiger charge is -2.37. The number of carbonyl (C=O) groups excluding carboxylic acids is 1. The zero-order chi connectivity index (χ0) is 28.2. The van der Waals surface area contributed by atoms with Crippen molar-refractivity contribution in [2.75, 3.05) is 4.31 Å². The van der Waals surface area contributed by atoms with Gasteiger partial charge in [0.15, 0.2) is 0 Å². The summed E-state index contributed by atoms with van der Waals surface area (Å²) in [7, 11) is -4.29. The number of amides is 1. The Bertz CT molecular complexity index is 1470.